The molecule has 0 aliphatic heterocycles. The first-order valence-electron chi connectivity index (χ1n) is 27.5. The molecule has 0 saturated heterocycles. The summed E-state index contributed by atoms with van der Waals surface area (Å²) in [6.07, 6.45) is 61.5. The molecule has 0 spiro atoms. The van der Waals surface area contributed by atoms with Crippen molar-refractivity contribution in [2.45, 2.75) is 297 Å². The molecule has 63 heavy (non-hydrogen) atoms. The molecule has 0 heterocycles. The van der Waals surface area contributed by atoms with Gasteiger partial charge in [-0.2, -0.15) is 0 Å². The topological polar surface area (TPSA) is 78.9 Å². The van der Waals surface area contributed by atoms with Crippen LogP contribution in [0.25, 0.3) is 0 Å². The van der Waals surface area contributed by atoms with Gasteiger partial charge in [0, 0.05) is 19.3 Å². The van der Waals surface area contributed by atoms with E-state index in [9.17, 15) is 14.4 Å². The van der Waals surface area contributed by atoms with E-state index in [1.54, 1.807) is 0 Å². The number of ether oxygens (including phenoxy) is 3. The molecule has 0 radical (unpaired) electrons. The van der Waals surface area contributed by atoms with Gasteiger partial charge in [0.05, 0.1) is 0 Å². The van der Waals surface area contributed by atoms with E-state index in [2.05, 4.69) is 57.2 Å². The summed E-state index contributed by atoms with van der Waals surface area (Å²) in [5.41, 5.74) is 0. The van der Waals surface area contributed by atoms with Crippen LogP contribution in [0.15, 0.2) is 36.5 Å². The fourth-order valence-electron chi connectivity index (χ4n) is 7.91. The average molecular weight is 885 g/mol. The maximum absolute atomic E-state index is 12.8. The molecule has 6 heteroatoms. The molecule has 1 unspecified atom stereocenters. The highest BCUT2D eigenvalue weighted by atomic mass is 16.6. The average Bonchev–Trinajstić information content (AvgIpc) is 3.28. The summed E-state index contributed by atoms with van der Waals surface area (Å²) in [6, 6.07) is 0. The van der Waals surface area contributed by atoms with E-state index in [0.717, 1.165) is 57.8 Å². The smallest absolute Gasteiger partial charge is 0.306 e. The monoisotopic (exact) mass is 885 g/mol. The summed E-state index contributed by atoms with van der Waals surface area (Å²) < 4.78 is 16.8. The number of carbonyl (C=O) groups excluding carboxylic acids is 3. The lowest BCUT2D eigenvalue weighted by atomic mass is 10.1. The Morgan fingerprint density at radius 1 is 0.302 bits per heavy atom. The van der Waals surface area contributed by atoms with Gasteiger partial charge in [-0.05, 0) is 89.9 Å². The van der Waals surface area contributed by atoms with Crippen molar-refractivity contribution < 1.29 is 28.6 Å². The second-order valence-corrected chi connectivity index (χ2v) is 18.5. The molecule has 0 aliphatic rings. The van der Waals surface area contributed by atoms with Crippen LogP contribution < -0.4 is 0 Å². The number of rotatable bonds is 50. The minimum atomic E-state index is -0.784. The normalized spacial score (nSPS) is 12.2. The first kappa shape index (κ1) is 60.6. The van der Waals surface area contributed by atoms with Crippen LogP contribution in [0.1, 0.15) is 290 Å². The summed E-state index contributed by atoms with van der Waals surface area (Å²) in [6.45, 7) is 6.59. The number of hydrogen-bond donors (Lipinski definition) is 0. The first-order chi connectivity index (χ1) is 31.0. The molecule has 0 amide bonds. The molecule has 1 atom stereocenters. The van der Waals surface area contributed by atoms with E-state index in [1.807, 2.05) is 0 Å². The van der Waals surface area contributed by atoms with Crippen LogP contribution in [-0.4, -0.2) is 37.2 Å². The molecule has 368 valence electrons. The van der Waals surface area contributed by atoms with Crippen LogP contribution in [0, 0.1) is 0 Å². The zero-order valence-corrected chi connectivity index (χ0v) is 42.1. The predicted octanol–water partition coefficient (Wildman–Crippen LogP) is 18.1. The van der Waals surface area contributed by atoms with Crippen LogP contribution in [0.3, 0.4) is 0 Å². The van der Waals surface area contributed by atoms with Crippen LogP contribution >= 0.6 is 0 Å². The minimum absolute atomic E-state index is 0.0829. The lowest BCUT2D eigenvalue weighted by Crippen LogP contribution is -2.30. The van der Waals surface area contributed by atoms with Crippen molar-refractivity contribution in [2.75, 3.05) is 13.2 Å². The van der Waals surface area contributed by atoms with Crippen molar-refractivity contribution in [3.63, 3.8) is 0 Å². The fraction of sp³-hybridized carbons (Fsp3) is 0.842. The van der Waals surface area contributed by atoms with E-state index >= 15 is 0 Å². The van der Waals surface area contributed by atoms with Crippen molar-refractivity contribution in [2.24, 2.45) is 0 Å². The van der Waals surface area contributed by atoms with Gasteiger partial charge in [-0.3, -0.25) is 14.4 Å². The highest BCUT2D eigenvalue weighted by Gasteiger charge is 2.19. The van der Waals surface area contributed by atoms with E-state index in [1.165, 1.54) is 193 Å². The molecule has 0 fully saturated rings. The van der Waals surface area contributed by atoms with Crippen LogP contribution in [0.4, 0.5) is 0 Å². The SMILES string of the molecule is CCCCCC/C=C\CCCC(=O)OCC(COC(=O)CCCCCCCCC/C=C\CCCCCCCCCC)OC(=O)CCCCCCCCC/C=C\CCCCCCCC. The van der Waals surface area contributed by atoms with Crippen molar-refractivity contribution in [1.82, 2.24) is 0 Å². The Balaban J connectivity index is 4.29. The Hall–Kier alpha value is -2.37. The Morgan fingerprint density at radius 2 is 0.540 bits per heavy atom. The molecule has 0 bridgehead atoms. The van der Waals surface area contributed by atoms with E-state index in [4.69, 9.17) is 14.2 Å². The molecule has 0 aromatic carbocycles. The first-order valence-corrected chi connectivity index (χ1v) is 27.5. The predicted molar refractivity (Wildman–Crippen MR) is 270 cm³/mol. The number of esters is 3. The van der Waals surface area contributed by atoms with Crippen LogP contribution in [0.5, 0.6) is 0 Å². The molecule has 0 saturated carbocycles. The zero-order chi connectivity index (χ0) is 45.8. The number of hydrogen-bond acceptors (Lipinski definition) is 6. The van der Waals surface area contributed by atoms with Crippen LogP contribution in [-0.2, 0) is 28.6 Å². The minimum Gasteiger partial charge on any atom is -0.462 e. The van der Waals surface area contributed by atoms with E-state index in [-0.39, 0.29) is 31.1 Å². The molecular formula is C57H104O6. The third kappa shape index (κ3) is 50.5. The Morgan fingerprint density at radius 3 is 0.873 bits per heavy atom. The molecule has 0 aromatic heterocycles. The fourth-order valence-corrected chi connectivity index (χ4v) is 7.91. The quantitative estimate of drug-likeness (QED) is 0.0262. The van der Waals surface area contributed by atoms with Gasteiger partial charge in [0.2, 0.25) is 0 Å². The standard InChI is InChI=1S/C57H104O6/c1-4-7-10-13-16-19-21-23-25-27-28-30-31-33-35-38-41-44-47-50-56(59)62-53-54(52-61-55(58)49-46-43-40-37-18-15-12-9-6-3)63-57(60)51-48-45-42-39-36-34-32-29-26-24-22-20-17-14-11-8-5-2/h24,26-28,37,40,54H,4-23,25,29-36,38-39,41-53H2,1-3H3/b26-24-,28-27-,40-37-. The lowest BCUT2D eigenvalue weighted by Gasteiger charge is -2.18. The third-order valence-corrected chi connectivity index (χ3v) is 12.1. The molecule has 0 aliphatic carbocycles. The van der Waals surface area contributed by atoms with Gasteiger partial charge in [0.1, 0.15) is 13.2 Å². The highest BCUT2D eigenvalue weighted by molar-refractivity contribution is 5.71. The van der Waals surface area contributed by atoms with Gasteiger partial charge in [-0.15, -0.1) is 0 Å². The Bertz CT molecular complexity index is 1060. The number of allylic oxidation sites excluding steroid dienone is 6. The van der Waals surface area contributed by atoms with Gasteiger partial charge in [-0.1, -0.05) is 218 Å². The number of unbranched alkanes of at least 4 members (excludes halogenated alkanes) is 33. The van der Waals surface area contributed by atoms with Crippen molar-refractivity contribution >= 4 is 17.9 Å². The largest absolute Gasteiger partial charge is 0.462 e. The summed E-state index contributed by atoms with van der Waals surface area (Å²) >= 11 is 0. The van der Waals surface area contributed by atoms with Gasteiger partial charge in [0.15, 0.2) is 6.10 Å². The van der Waals surface area contributed by atoms with Gasteiger partial charge < -0.3 is 14.2 Å². The highest BCUT2D eigenvalue weighted by Crippen LogP contribution is 2.15. The van der Waals surface area contributed by atoms with Crippen molar-refractivity contribution in [3.05, 3.63) is 36.5 Å². The summed E-state index contributed by atoms with van der Waals surface area (Å²) in [5, 5.41) is 0. The molecule has 6 nitrogen and oxygen atoms in total. The van der Waals surface area contributed by atoms with E-state index < -0.39 is 6.10 Å². The maximum atomic E-state index is 12.8. The van der Waals surface area contributed by atoms with Crippen molar-refractivity contribution in [1.29, 1.82) is 0 Å². The van der Waals surface area contributed by atoms with Crippen LogP contribution in [0.2, 0.25) is 0 Å². The second kappa shape index (κ2) is 52.3. The Kier molecular flexibility index (Phi) is 50.3. The Labute approximate surface area is 391 Å². The van der Waals surface area contributed by atoms with Gasteiger partial charge in [0.25, 0.3) is 0 Å². The van der Waals surface area contributed by atoms with E-state index in [0.29, 0.717) is 19.3 Å². The summed E-state index contributed by atoms with van der Waals surface area (Å²) in [7, 11) is 0. The molecular weight excluding hydrogens is 781 g/mol. The molecule has 0 N–H and O–H groups in total. The third-order valence-electron chi connectivity index (χ3n) is 12.1. The van der Waals surface area contributed by atoms with Crippen molar-refractivity contribution in [3.8, 4) is 0 Å². The maximum Gasteiger partial charge on any atom is 0.306 e. The second-order valence-electron chi connectivity index (χ2n) is 18.5. The summed E-state index contributed by atoms with van der Waals surface area (Å²) in [4.78, 5) is 37.9. The molecule has 0 aromatic rings. The van der Waals surface area contributed by atoms with Gasteiger partial charge >= 0.3 is 17.9 Å². The summed E-state index contributed by atoms with van der Waals surface area (Å²) in [5.74, 6) is -0.918. The number of carbonyl (C=O) groups is 3. The van der Waals surface area contributed by atoms with Gasteiger partial charge in [-0.25, -0.2) is 0 Å². The lowest BCUT2D eigenvalue weighted by molar-refractivity contribution is -0.167. The molecule has 0 rings (SSSR count). The zero-order valence-electron chi connectivity index (χ0n) is 42.1.